The van der Waals surface area contributed by atoms with Crippen LogP contribution in [0.4, 0.5) is 19.0 Å². The minimum atomic E-state index is -4.46. The Morgan fingerprint density at radius 3 is 2.71 bits per heavy atom. The average Bonchev–Trinajstić information content (AvgIpc) is 2.83. The minimum Gasteiger partial charge on any atom is -0.345 e. The lowest BCUT2D eigenvalue weighted by molar-refractivity contribution is -0.147. The lowest BCUT2D eigenvalue weighted by atomic mass is 10.1. The summed E-state index contributed by atoms with van der Waals surface area (Å²) in [5.41, 5.74) is 0.475. The Balaban J connectivity index is 1.97. The first-order valence-electron chi connectivity index (χ1n) is 6.12. The standard InChI is InChI=1S/C11H10ClF3N6/c1-6-7-4-16-9(11(13,14)15)21(7)3-2-20(6)8-5-17-19-10(12)18-8/h4-6H,2-3H2,1H3. The molecule has 0 amide bonds. The Hall–Kier alpha value is -1.90. The third kappa shape index (κ3) is 2.41. The van der Waals surface area contributed by atoms with Crippen LogP contribution < -0.4 is 4.90 Å². The van der Waals surface area contributed by atoms with E-state index < -0.39 is 12.0 Å². The summed E-state index contributed by atoms with van der Waals surface area (Å²) in [6, 6.07) is -0.324. The quantitative estimate of drug-likeness (QED) is 0.807. The van der Waals surface area contributed by atoms with Gasteiger partial charge in [-0.15, -0.1) is 5.10 Å². The largest absolute Gasteiger partial charge is 0.449 e. The molecule has 0 N–H and O–H groups in total. The third-order valence-electron chi connectivity index (χ3n) is 3.41. The van der Waals surface area contributed by atoms with E-state index in [0.717, 1.165) is 0 Å². The summed E-state index contributed by atoms with van der Waals surface area (Å²) in [7, 11) is 0. The van der Waals surface area contributed by atoms with Crippen LogP contribution in [0.15, 0.2) is 12.4 Å². The van der Waals surface area contributed by atoms with Gasteiger partial charge in [0.2, 0.25) is 11.1 Å². The van der Waals surface area contributed by atoms with Gasteiger partial charge >= 0.3 is 6.18 Å². The molecule has 0 radical (unpaired) electrons. The average molecular weight is 319 g/mol. The van der Waals surface area contributed by atoms with Gasteiger partial charge in [-0.2, -0.15) is 23.3 Å². The van der Waals surface area contributed by atoms with Gasteiger partial charge in [-0.1, -0.05) is 0 Å². The van der Waals surface area contributed by atoms with Crippen molar-refractivity contribution in [2.75, 3.05) is 11.4 Å². The highest BCUT2D eigenvalue weighted by Gasteiger charge is 2.40. The maximum absolute atomic E-state index is 12.9. The second-order valence-electron chi connectivity index (χ2n) is 4.61. The Bertz CT molecular complexity index is 670. The number of imidazole rings is 1. The van der Waals surface area contributed by atoms with Gasteiger partial charge in [-0.05, 0) is 18.5 Å². The zero-order chi connectivity index (χ0) is 15.2. The number of hydrogen-bond acceptors (Lipinski definition) is 5. The zero-order valence-electron chi connectivity index (χ0n) is 10.8. The van der Waals surface area contributed by atoms with Gasteiger partial charge in [0.05, 0.1) is 24.1 Å². The fourth-order valence-electron chi connectivity index (χ4n) is 2.47. The van der Waals surface area contributed by atoms with Gasteiger partial charge < -0.3 is 9.47 Å². The molecule has 0 bridgehead atoms. The highest BCUT2D eigenvalue weighted by atomic mass is 35.5. The summed E-state index contributed by atoms with van der Waals surface area (Å²) in [5.74, 6) is -0.397. The molecule has 0 spiro atoms. The molecule has 3 heterocycles. The van der Waals surface area contributed by atoms with Crippen LogP contribution in [0.5, 0.6) is 0 Å². The van der Waals surface area contributed by atoms with Crippen LogP contribution in [-0.2, 0) is 12.7 Å². The number of aromatic nitrogens is 5. The fraction of sp³-hybridized carbons (Fsp3) is 0.455. The molecule has 1 aliphatic rings. The van der Waals surface area contributed by atoms with Crippen molar-refractivity contribution in [3.8, 4) is 0 Å². The Morgan fingerprint density at radius 2 is 2.05 bits per heavy atom. The van der Waals surface area contributed by atoms with E-state index >= 15 is 0 Å². The number of hydrogen-bond donors (Lipinski definition) is 0. The van der Waals surface area contributed by atoms with Crippen LogP contribution in [0.2, 0.25) is 5.28 Å². The first-order chi connectivity index (χ1) is 9.88. The maximum atomic E-state index is 12.9. The third-order valence-corrected chi connectivity index (χ3v) is 3.57. The van der Waals surface area contributed by atoms with Crippen molar-refractivity contribution in [2.24, 2.45) is 0 Å². The highest BCUT2D eigenvalue weighted by molar-refractivity contribution is 6.28. The van der Waals surface area contributed by atoms with Crippen molar-refractivity contribution < 1.29 is 13.2 Å². The lowest BCUT2D eigenvalue weighted by Crippen LogP contribution is -2.38. The van der Waals surface area contributed by atoms with Crippen molar-refractivity contribution in [2.45, 2.75) is 25.7 Å². The molecule has 6 nitrogen and oxygen atoms in total. The summed E-state index contributed by atoms with van der Waals surface area (Å²) in [6.45, 7) is 2.29. The van der Waals surface area contributed by atoms with Crippen LogP contribution in [0.25, 0.3) is 0 Å². The zero-order valence-corrected chi connectivity index (χ0v) is 11.6. The van der Waals surface area contributed by atoms with Gasteiger partial charge in [-0.3, -0.25) is 0 Å². The molecule has 1 unspecified atom stereocenters. The van der Waals surface area contributed by atoms with E-state index in [9.17, 15) is 13.2 Å². The molecule has 0 aliphatic carbocycles. The second-order valence-corrected chi connectivity index (χ2v) is 4.95. The van der Waals surface area contributed by atoms with Gasteiger partial charge in [0, 0.05) is 13.1 Å². The number of fused-ring (bicyclic) bond motifs is 1. The normalized spacial score (nSPS) is 18.7. The molecule has 1 aliphatic heterocycles. The van der Waals surface area contributed by atoms with E-state index in [1.54, 1.807) is 6.92 Å². The van der Waals surface area contributed by atoms with E-state index in [1.807, 2.05) is 4.90 Å². The first-order valence-corrected chi connectivity index (χ1v) is 6.50. The lowest BCUT2D eigenvalue weighted by Gasteiger charge is -2.35. The summed E-state index contributed by atoms with van der Waals surface area (Å²) >= 11 is 5.70. The molecule has 3 rings (SSSR count). The monoisotopic (exact) mass is 318 g/mol. The van der Waals surface area contributed by atoms with Crippen molar-refractivity contribution in [1.82, 2.24) is 24.7 Å². The number of halogens is 4. The van der Waals surface area contributed by atoms with Crippen LogP contribution in [0, 0.1) is 0 Å². The minimum absolute atomic E-state index is 0.00485. The predicted octanol–water partition coefficient (Wildman–Crippen LogP) is 2.32. The smallest absolute Gasteiger partial charge is 0.345 e. The van der Waals surface area contributed by atoms with Crippen molar-refractivity contribution >= 4 is 17.4 Å². The molecule has 2 aromatic heterocycles. The fourth-order valence-corrected chi connectivity index (χ4v) is 2.60. The van der Waals surface area contributed by atoms with E-state index in [-0.39, 0.29) is 17.9 Å². The molecule has 112 valence electrons. The van der Waals surface area contributed by atoms with E-state index in [1.165, 1.54) is 17.0 Å². The molecule has 0 saturated carbocycles. The molecule has 0 aromatic carbocycles. The Kier molecular flexibility index (Phi) is 3.23. The predicted molar refractivity (Wildman–Crippen MR) is 67.8 cm³/mol. The molecular weight excluding hydrogens is 309 g/mol. The second kappa shape index (κ2) is 4.83. The molecule has 1 atom stereocenters. The molecular formula is C11H10ClF3N6. The van der Waals surface area contributed by atoms with Crippen molar-refractivity contribution in [1.29, 1.82) is 0 Å². The highest BCUT2D eigenvalue weighted by Crippen LogP contribution is 2.35. The van der Waals surface area contributed by atoms with E-state index in [0.29, 0.717) is 18.1 Å². The molecule has 10 heteroatoms. The van der Waals surface area contributed by atoms with Crippen LogP contribution in [0.3, 0.4) is 0 Å². The molecule has 21 heavy (non-hydrogen) atoms. The summed E-state index contributed by atoms with van der Waals surface area (Å²) in [6.07, 6.45) is -1.78. The topological polar surface area (TPSA) is 59.7 Å². The van der Waals surface area contributed by atoms with Crippen LogP contribution >= 0.6 is 11.6 Å². The number of alkyl halides is 3. The van der Waals surface area contributed by atoms with Crippen LogP contribution in [-0.4, -0.2) is 31.3 Å². The van der Waals surface area contributed by atoms with Crippen molar-refractivity contribution in [3.05, 3.63) is 29.2 Å². The maximum Gasteiger partial charge on any atom is 0.449 e. The Labute approximate surface area is 122 Å². The van der Waals surface area contributed by atoms with Gasteiger partial charge in [0.1, 0.15) is 0 Å². The van der Waals surface area contributed by atoms with Gasteiger partial charge in [-0.25, -0.2) is 4.98 Å². The number of rotatable bonds is 1. The summed E-state index contributed by atoms with van der Waals surface area (Å²) in [4.78, 5) is 9.36. The summed E-state index contributed by atoms with van der Waals surface area (Å²) < 4.78 is 39.8. The van der Waals surface area contributed by atoms with E-state index in [2.05, 4.69) is 20.2 Å². The SMILES string of the molecule is CC1c2cnc(C(F)(F)F)n2CCN1c1cnnc(Cl)n1. The number of anilines is 1. The van der Waals surface area contributed by atoms with E-state index in [4.69, 9.17) is 11.6 Å². The first kappa shape index (κ1) is 14.1. The Morgan fingerprint density at radius 1 is 1.29 bits per heavy atom. The molecule has 2 aromatic rings. The van der Waals surface area contributed by atoms with Crippen LogP contribution in [0.1, 0.15) is 24.5 Å². The van der Waals surface area contributed by atoms with Crippen molar-refractivity contribution in [3.63, 3.8) is 0 Å². The molecule has 0 saturated heterocycles. The van der Waals surface area contributed by atoms with Gasteiger partial charge in [0.15, 0.2) is 5.82 Å². The van der Waals surface area contributed by atoms with Gasteiger partial charge in [0.25, 0.3) is 0 Å². The number of nitrogens with zero attached hydrogens (tertiary/aromatic N) is 6. The molecule has 0 fully saturated rings. The summed E-state index contributed by atoms with van der Waals surface area (Å²) in [5, 5.41) is 7.25.